The average molecular weight is 319 g/mol. The van der Waals surface area contributed by atoms with Crippen molar-refractivity contribution in [3.63, 3.8) is 0 Å². The van der Waals surface area contributed by atoms with E-state index in [4.69, 9.17) is 4.74 Å². The maximum absolute atomic E-state index is 12.4. The van der Waals surface area contributed by atoms with Gasteiger partial charge in [-0.05, 0) is 52.0 Å². The highest BCUT2D eigenvalue weighted by molar-refractivity contribution is 5.76. The minimum absolute atomic E-state index is 0.0497. The van der Waals surface area contributed by atoms with Crippen LogP contribution in [0.5, 0.6) is 0 Å². The molecule has 0 aromatic rings. The first kappa shape index (κ1) is 16.7. The van der Waals surface area contributed by atoms with Crippen molar-refractivity contribution < 1.29 is 14.6 Å². The summed E-state index contributed by atoms with van der Waals surface area (Å²) >= 11 is 0. The van der Waals surface area contributed by atoms with Crippen LogP contribution in [-0.2, 0) is 9.53 Å². The highest BCUT2D eigenvalue weighted by Gasteiger charge is 2.44. The number of nitrogens with zero attached hydrogens (tertiary/aromatic N) is 1. The van der Waals surface area contributed by atoms with Crippen LogP contribution in [0.1, 0.15) is 46.0 Å². The van der Waals surface area contributed by atoms with Gasteiger partial charge in [-0.3, -0.25) is 9.69 Å². The molecule has 0 radical (unpaired) electrons. The van der Waals surface area contributed by atoms with Crippen LogP contribution in [0, 0.1) is 11.8 Å². The van der Waals surface area contributed by atoms with Gasteiger partial charge in [0.2, 0.25) is 0 Å². The first-order chi connectivity index (χ1) is 11.0. The second-order valence-corrected chi connectivity index (χ2v) is 7.51. The largest absolute Gasteiger partial charge is 0.458 e. The fourth-order valence-electron chi connectivity index (χ4n) is 4.11. The molecule has 2 fully saturated rings. The molecule has 2 saturated heterocycles. The van der Waals surface area contributed by atoms with Gasteiger partial charge in [0.1, 0.15) is 6.10 Å². The summed E-state index contributed by atoms with van der Waals surface area (Å²) in [5.74, 6) is 0.157. The number of ether oxygens (including phenoxy) is 1. The summed E-state index contributed by atoms with van der Waals surface area (Å²) in [6.07, 6.45) is 9.20. The molecule has 4 heteroatoms. The molecule has 0 aromatic carbocycles. The number of aliphatic hydroxyl groups excluding tert-OH is 1. The summed E-state index contributed by atoms with van der Waals surface area (Å²) in [5.41, 5.74) is 2.74. The van der Waals surface area contributed by atoms with E-state index in [1.165, 1.54) is 11.1 Å². The van der Waals surface area contributed by atoms with Gasteiger partial charge in [0.05, 0.1) is 12.0 Å². The average Bonchev–Trinajstić information content (AvgIpc) is 3.02. The van der Waals surface area contributed by atoms with Gasteiger partial charge < -0.3 is 9.84 Å². The Bertz CT molecular complexity index is 511. The minimum atomic E-state index is -0.236. The Hall–Kier alpha value is -1.13. The van der Waals surface area contributed by atoms with Crippen molar-refractivity contribution in [2.24, 2.45) is 11.8 Å². The number of rotatable bonds is 2. The lowest BCUT2D eigenvalue weighted by molar-refractivity contribution is -0.143. The van der Waals surface area contributed by atoms with E-state index in [2.05, 4.69) is 30.9 Å². The van der Waals surface area contributed by atoms with E-state index < -0.39 is 0 Å². The summed E-state index contributed by atoms with van der Waals surface area (Å²) in [7, 11) is 0. The number of esters is 1. The molecule has 3 aliphatic rings. The SMILES string of the molecule is C/C1=C\[C@H]2OC(=O)[C@@H](CN3CCC(O)C3)[C@@H]2CC/C(C)=C/CC1. The topological polar surface area (TPSA) is 49.8 Å². The van der Waals surface area contributed by atoms with E-state index in [0.29, 0.717) is 6.54 Å². The van der Waals surface area contributed by atoms with Crippen molar-refractivity contribution in [3.05, 3.63) is 23.3 Å². The van der Waals surface area contributed by atoms with Gasteiger partial charge in [0.25, 0.3) is 0 Å². The Morgan fingerprint density at radius 3 is 2.83 bits per heavy atom. The lowest BCUT2D eigenvalue weighted by atomic mass is 9.83. The lowest BCUT2D eigenvalue weighted by Crippen LogP contribution is -2.34. The summed E-state index contributed by atoms with van der Waals surface area (Å²) in [6, 6.07) is 0. The van der Waals surface area contributed by atoms with Crippen molar-refractivity contribution in [2.75, 3.05) is 19.6 Å². The molecule has 128 valence electrons. The molecule has 1 aliphatic carbocycles. The van der Waals surface area contributed by atoms with Gasteiger partial charge in [-0.25, -0.2) is 0 Å². The molecule has 0 saturated carbocycles. The fourth-order valence-corrected chi connectivity index (χ4v) is 4.11. The number of hydrogen-bond acceptors (Lipinski definition) is 4. The number of β-amino-alcohol motifs (C(OH)–C–C–N with tert-alkyl or cyclic N) is 1. The number of likely N-dealkylation sites (tertiary alicyclic amines) is 1. The Morgan fingerprint density at radius 2 is 2.09 bits per heavy atom. The molecule has 1 unspecified atom stereocenters. The zero-order valence-corrected chi connectivity index (χ0v) is 14.3. The molecule has 2 aliphatic heterocycles. The molecule has 3 rings (SSSR count). The fraction of sp³-hybridized carbons (Fsp3) is 0.737. The minimum Gasteiger partial charge on any atom is -0.458 e. The first-order valence-electron chi connectivity index (χ1n) is 8.97. The van der Waals surface area contributed by atoms with Crippen LogP contribution in [0.3, 0.4) is 0 Å². The molecule has 0 spiro atoms. The van der Waals surface area contributed by atoms with Crippen LogP contribution in [0.2, 0.25) is 0 Å². The highest BCUT2D eigenvalue weighted by atomic mass is 16.6. The smallest absolute Gasteiger partial charge is 0.311 e. The number of hydrogen-bond donors (Lipinski definition) is 1. The number of carbonyl (C=O) groups is 1. The summed E-state index contributed by atoms with van der Waals surface area (Å²) in [6.45, 7) is 6.64. The second-order valence-electron chi connectivity index (χ2n) is 7.51. The van der Waals surface area contributed by atoms with E-state index in [1.54, 1.807) is 0 Å². The van der Waals surface area contributed by atoms with Crippen LogP contribution in [0.15, 0.2) is 23.3 Å². The molecule has 0 bridgehead atoms. The van der Waals surface area contributed by atoms with Gasteiger partial charge in [-0.1, -0.05) is 17.2 Å². The molecule has 1 N–H and O–H groups in total. The maximum Gasteiger partial charge on any atom is 0.311 e. The molecule has 2 heterocycles. The molecule has 0 aromatic heterocycles. The monoisotopic (exact) mass is 319 g/mol. The van der Waals surface area contributed by atoms with Gasteiger partial charge >= 0.3 is 5.97 Å². The highest BCUT2D eigenvalue weighted by Crippen LogP contribution is 2.36. The molecular formula is C19H29NO3. The lowest BCUT2D eigenvalue weighted by Gasteiger charge is -2.24. The Morgan fingerprint density at radius 1 is 1.26 bits per heavy atom. The summed E-state index contributed by atoms with van der Waals surface area (Å²) < 4.78 is 5.73. The van der Waals surface area contributed by atoms with Crippen LogP contribution < -0.4 is 0 Å². The van der Waals surface area contributed by atoms with Crippen molar-refractivity contribution >= 4 is 5.97 Å². The van der Waals surface area contributed by atoms with Gasteiger partial charge in [0, 0.05) is 25.6 Å². The predicted octanol–water partition coefficient (Wildman–Crippen LogP) is 2.68. The number of fused-ring (bicyclic) bond motifs is 1. The number of carbonyl (C=O) groups excluding carboxylic acids is 1. The van der Waals surface area contributed by atoms with E-state index in [9.17, 15) is 9.90 Å². The number of aliphatic hydroxyl groups is 1. The third-order valence-corrected chi connectivity index (χ3v) is 5.55. The first-order valence-corrected chi connectivity index (χ1v) is 8.97. The standard InChI is InChI=1S/C19H29NO3/c1-13-4-3-5-14(2)10-18-16(7-6-13)17(19(22)23-18)12-20-9-8-15(21)11-20/h4,10,15-18,21H,3,5-9,11-12H2,1-2H3/b13-4+,14-10+/t15?,16-,17-,18+/m0/s1. The van der Waals surface area contributed by atoms with E-state index in [0.717, 1.165) is 45.2 Å². The molecular weight excluding hydrogens is 290 g/mol. The Kier molecular flexibility index (Phi) is 5.22. The Balaban J connectivity index is 1.75. The van der Waals surface area contributed by atoms with E-state index >= 15 is 0 Å². The maximum atomic E-state index is 12.4. The Labute approximate surface area is 139 Å². The van der Waals surface area contributed by atoms with Crippen LogP contribution in [-0.4, -0.2) is 47.8 Å². The molecule has 23 heavy (non-hydrogen) atoms. The van der Waals surface area contributed by atoms with E-state index in [-0.39, 0.29) is 30.0 Å². The van der Waals surface area contributed by atoms with Crippen molar-refractivity contribution in [3.8, 4) is 0 Å². The quantitative estimate of drug-likeness (QED) is 0.628. The molecule has 4 atom stereocenters. The zero-order chi connectivity index (χ0) is 16.4. The third-order valence-electron chi connectivity index (χ3n) is 5.55. The van der Waals surface area contributed by atoms with Crippen molar-refractivity contribution in [2.45, 2.75) is 58.2 Å². The molecule has 0 amide bonds. The molecule has 4 nitrogen and oxygen atoms in total. The van der Waals surface area contributed by atoms with Crippen LogP contribution in [0.25, 0.3) is 0 Å². The van der Waals surface area contributed by atoms with Gasteiger partial charge in [0.15, 0.2) is 0 Å². The van der Waals surface area contributed by atoms with Crippen LogP contribution >= 0.6 is 0 Å². The second kappa shape index (κ2) is 7.18. The summed E-state index contributed by atoms with van der Waals surface area (Å²) in [4.78, 5) is 14.7. The van der Waals surface area contributed by atoms with E-state index in [1.807, 2.05) is 0 Å². The summed E-state index contributed by atoms with van der Waals surface area (Å²) in [5, 5.41) is 9.72. The predicted molar refractivity (Wildman–Crippen MR) is 89.9 cm³/mol. The normalized spacial score (nSPS) is 40.7. The van der Waals surface area contributed by atoms with Gasteiger partial charge in [-0.2, -0.15) is 0 Å². The van der Waals surface area contributed by atoms with Crippen molar-refractivity contribution in [1.82, 2.24) is 4.90 Å². The zero-order valence-electron chi connectivity index (χ0n) is 14.3. The van der Waals surface area contributed by atoms with Gasteiger partial charge in [-0.15, -0.1) is 0 Å². The third kappa shape index (κ3) is 4.04. The van der Waals surface area contributed by atoms with Crippen molar-refractivity contribution in [1.29, 1.82) is 0 Å². The number of allylic oxidation sites excluding steroid dienone is 3. The van der Waals surface area contributed by atoms with Crippen LogP contribution in [0.4, 0.5) is 0 Å².